The molecule has 0 nitrogen and oxygen atoms in total. The van der Waals surface area contributed by atoms with Gasteiger partial charge < -0.3 is 0 Å². The Morgan fingerprint density at radius 2 is 2.00 bits per heavy atom. The number of alkyl halides is 1. The summed E-state index contributed by atoms with van der Waals surface area (Å²) >= 11 is 9.14. The molecule has 0 saturated heterocycles. The van der Waals surface area contributed by atoms with Crippen LogP contribution in [0.3, 0.4) is 0 Å². The summed E-state index contributed by atoms with van der Waals surface area (Å²) in [5, 5.41) is 0. The maximum Gasteiger partial charge on any atom is 0.0704 e. The van der Waals surface area contributed by atoms with E-state index in [9.17, 15) is 0 Å². The van der Waals surface area contributed by atoms with Crippen molar-refractivity contribution >= 4 is 43.2 Å². The van der Waals surface area contributed by atoms with Gasteiger partial charge in [-0.15, -0.1) is 11.3 Å². The average Bonchev–Trinajstić information content (AvgIpc) is 2.58. The highest BCUT2D eigenvalue weighted by Crippen LogP contribution is 2.36. The third-order valence-electron chi connectivity index (χ3n) is 2.76. The van der Waals surface area contributed by atoms with Crippen LogP contribution in [-0.2, 0) is 6.42 Å². The predicted molar refractivity (Wildman–Crippen MR) is 83.3 cm³/mol. The quantitative estimate of drug-likeness (QED) is 0.596. The van der Waals surface area contributed by atoms with E-state index in [1.165, 1.54) is 25.4 Å². The minimum Gasteiger partial charge on any atom is -0.133 e. The highest BCUT2D eigenvalue weighted by atomic mass is 79.9. The number of benzene rings is 1. The molecule has 1 atom stereocenters. The second-order valence-corrected chi connectivity index (χ2v) is 7.96. The van der Waals surface area contributed by atoms with Crippen LogP contribution < -0.4 is 0 Å². The van der Waals surface area contributed by atoms with Crippen molar-refractivity contribution in [1.82, 2.24) is 0 Å². The molecule has 1 aromatic carbocycles. The van der Waals surface area contributed by atoms with Crippen molar-refractivity contribution in [2.75, 3.05) is 0 Å². The van der Waals surface area contributed by atoms with Gasteiger partial charge in [-0.3, -0.25) is 0 Å². The van der Waals surface area contributed by atoms with Gasteiger partial charge in [0.1, 0.15) is 0 Å². The molecule has 0 saturated carbocycles. The van der Waals surface area contributed by atoms with Gasteiger partial charge in [-0.2, -0.15) is 0 Å². The summed E-state index contributed by atoms with van der Waals surface area (Å²) in [6, 6.07) is 10.9. The molecule has 2 rings (SSSR count). The predicted octanol–water partition coefficient (Wildman–Crippen LogP) is 5.81. The molecule has 0 amide bonds. The molecule has 0 bridgehead atoms. The molecule has 1 aromatic heterocycles. The van der Waals surface area contributed by atoms with Crippen LogP contribution in [0.5, 0.6) is 0 Å². The zero-order valence-corrected chi connectivity index (χ0v) is 13.8. The molecule has 0 aliphatic carbocycles. The molecule has 90 valence electrons. The first-order valence-corrected chi connectivity index (χ1v) is 8.04. The molecule has 0 fully saturated rings. The van der Waals surface area contributed by atoms with Crippen LogP contribution in [0.1, 0.15) is 26.4 Å². The zero-order valence-electron chi connectivity index (χ0n) is 9.84. The maximum absolute atomic E-state index is 3.80. The lowest BCUT2D eigenvalue weighted by Crippen LogP contribution is -1.95. The van der Waals surface area contributed by atoms with Gasteiger partial charge >= 0.3 is 0 Å². The van der Waals surface area contributed by atoms with E-state index in [0.717, 1.165) is 6.42 Å². The van der Waals surface area contributed by atoms with Crippen LogP contribution in [0.25, 0.3) is 0 Å². The molecule has 3 heteroatoms. The average molecular weight is 374 g/mol. The zero-order chi connectivity index (χ0) is 12.4. The van der Waals surface area contributed by atoms with Crippen LogP contribution >= 0.6 is 43.2 Å². The highest BCUT2D eigenvalue weighted by molar-refractivity contribution is 9.11. The second-order valence-electron chi connectivity index (χ2n) is 4.22. The number of hydrogen-bond donors (Lipinski definition) is 0. The lowest BCUT2D eigenvalue weighted by atomic mass is 10.0. The largest absolute Gasteiger partial charge is 0.133 e. The molecular weight excluding hydrogens is 360 g/mol. The Bertz CT molecular complexity index is 517. The van der Waals surface area contributed by atoms with E-state index in [4.69, 9.17) is 0 Å². The van der Waals surface area contributed by atoms with Crippen LogP contribution in [0.4, 0.5) is 0 Å². The van der Waals surface area contributed by atoms with Gasteiger partial charge in [0.25, 0.3) is 0 Å². The topological polar surface area (TPSA) is 0 Å². The Balaban J connectivity index is 2.16. The molecule has 17 heavy (non-hydrogen) atoms. The van der Waals surface area contributed by atoms with Crippen molar-refractivity contribution < 1.29 is 0 Å². The third-order valence-corrected chi connectivity index (χ3v) is 5.15. The first-order chi connectivity index (χ1) is 8.06. The molecule has 1 unspecified atom stereocenters. The fraction of sp³-hybridized carbons (Fsp3) is 0.286. The fourth-order valence-electron chi connectivity index (χ4n) is 1.93. The monoisotopic (exact) mass is 372 g/mol. The number of rotatable bonds is 3. The number of aryl methyl sites for hydroxylation is 2. The third kappa shape index (κ3) is 3.43. The molecule has 0 N–H and O–H groups in total. The SMILES string of the molecule is Cc1cccc(CC(Br)c2cc(Br)sc2C)c1. The number of halogens is 2. The lowest BCUT2D eigenvalue weighted by Gasteiger charge is -2.10. The van der Waals surface area contributed by atoms with Gasteiger partial charge in [0.05, 0.1) is 3.79 Å². The van der Waals surface area contributed by atoms with Crippen LogP contribution in [0.2, 0.25) is 0 Å². The fourth-order valence-corrected chi connectivity index (χ4v) is 4.70. The first kappa shape index (κ1) is 13.3. The van der Waals surface area contributed by atoms with Crippen molar-refractivity contribution in [1.29, 1.82) is 0 Å². The molecule has 0 radical (unpaired) electrons. The van der Waals surface area contributed by atoms with E-state index in [1.807, 2.05) is 0 Å². The van der Waals surface area contributed by atoms with Gasteiger partial charge in [0, 0.05) is 9.70 Å². The lowest BCUT2D eigenvalue weighted by molar-refractivity contribution is 0.944. The van der Waals surface area contributed by atoms with Gasteiger partial charge in [0.15, 0.2) is 0 Å². The van der Waals surface area contributed by atoms with E-state index in [0.29, 0.717) is 4.83 Å². The first-order valence-electron chi connectivity index (χ1n) is 5.51. The Labute approximate surface area is 123 Å². The maximum atomic E-state index is 3.80. The Hall–Kier alpha value is -0.120. The van der Waals surface area contributed by atoms with E-state index in [1.54, 1.807) is 11.3 Å². The minimum atomic E-state index is 0.395. The van der Waals surface area contributed by atoms with Crippen LogP contribution in [-0.4, -0.2) is 0 Å². The summed E-state index contributed by atoms with van der Waals surface area (Å²) in [5.41, 5.74) is 4.10. The molecule has 0 aliphatic heterocycles. The summed E-state index contributed by atoms with van der Waals surface area (Å²) in [6.45, 7) is 4.31. The molecule has 0 aliphatic rings. The molecule has 0 spiro atoms. The molecule has 1 heterocycles. The number of hydrogen-bond acceptors (Lipinski definition) is 1. The summed E-state index contributed by atoms with van der Waals surface area (Å²) in [6.07, 6.45) is 1.03. The van der Waals surface area contributed by atoms with Crippen molar-refractivity contribution in [2.24, 2.45) is 0 Å². The number of thiophene rings is 1. The Morgan fingerprint density at radius 3 is 2.59 bits per heavy atom. The van der Waals surface area contributed by atoms with Gasteiger partial charge in [0.2, 0.25) is 0 Å². The van der Waals surface area contributed by atoms with Gasteiger partial charge in [-0.1, -0.05) is 45.8 Å². The normalized spacial score (nSPS) is 12.7. The summed E-state index contributed by atoms with van der Waals surface area (Å²) in [5.74, 6) is 0. The highest BCUT2D eigenvalue weighted by Gasteiger charge is 2.13. The van der Waals surface area contributed by atoms with Gasteiger partial charge in [-0.05, 0) is 53.4 Å². The van der Waals surface area contributed by atoms with Crippen LogP contribution in [0.15, 0.2) is 34.1 Å². The Morgan fingerprint density at radius 1 is 1.24 bits per heavy atom. The molecule has 2 aromatic rings. The van der Waals surface area contributed by atoms with Crippen molar-refractivity contribution in [3.05, 3.63) is 55.7 Å². The van der Waals surface area contributed by atoms with E-state index in [2.05, 4.69) is 76.0 Å². The van der Waals surface area contributed by atoms with Crippen LogP contribution in [0, 0.1) is 13.8 Å². The van der Waals surface area contributed by atoms with Crippen molar-refractivity contribution in [3.8, 4) is 0 Å². The standard InChI is InChI=1S/C14H14Br2S/c1-9-4-3-5-11(6-9)7-13(15)12-8-14(16)17-10(12)2/h3-6,8,13H,7H2,1-2H3. The molecular formula is C14H14Br2S. The van der Waals surface area contributed by atoms with Gasteiger partial charge in [-0.25, -0.2) is 0 Å². The Kier molecular flexibility index (Phi) is 4.45. The van der Waals surface area contributed by atoms with Crippen molar-refractivity contribution in [2.45, 2.75) is 25.1 Å². The van der Waals surface area contributed by atoms with Crippen molar-refractivity contribution in [3.63, 3.8) is 0 Å². The summed E-state index contributed by atoms with van der Waals surface area (Å²) < 4.78 is 1.21. The summed E-state index contributed by atoms with van der Waals surface area (Å²) in [7, 11) is 0. The minimum absolute atomic E-state index is 0.395. The second kappa shape index (κ2) is 5.68. The van der Waals surface area contributed by atoms with E-state index < -0.39 is 0 Å². The smallest absolute Gasteiger partial charge is 0.0704 e. The van der Waals surface area contributed by atoms with E-state index in [-0.39, 0.29) is 0 Å². The van der Waals surface area contributed by atoms with E-state index >= 15 is 0 Å². The summed E-state index contributed by atoms with van der Waals surface area (Å²) in [4.78, 5) is 1.78.